The van der Waals surface area contributed by atoms with E-state index in [1.54, 1.807) is 6.20 Å². The standard InChI is InChI=1S/C14H13BrN2O3/c1-19-13(18)14(7-20-8-14)12-16-6-11(17-12)9-4-2-3-5-10(9)15/h2-6H,7-8H2,1H3,(H,16,17). The number of benzene rings is 1. The van der Waals surface area contributed by atoms with Crippen molar-refractivity contribution in [2.45, 2.75) is 5.41 Å². The number of nitrogens with one attached hydrogen (secondary N) is 1. The third-order valence-corrected chi connectivity index (χ3v) is 4.16. The Morgan fingerprint density at radius 2 is 2.20 bits per heavy atom. The fourth-order valence-electron chi connectivity index (χ4n) is 2.23. The van der Waals surface area contributed by atoms with Crippen molar-refractivity contribution >= 4 is 21.9 Å². The van der Waals surface area contributed by atoms with Crippen LogP contribution in [0.15, 0.2) is 34.9 Å². The molecule has 2 aromatic rings. The minimum atomic E-state index is -0.797. The molecule has 0 amide bonds. The predicted molar refractivity (Wildman–Crippen MR) is 76.2 cm³/mol. The highest BCUT2D eigenvalue weighted by Crippen LogP contribution is 2.34. The van der Waals surface area contributed by atoms with Crippen molar-refractivity contribution in [2.75, 3.05) is 20.3 Å². The molecule has 1 N–H and O–H groups in total. The smallest absolute Gasteiger partial charge is 0.324 e. The number of carbonyl (C=O) groups is 1. The zero-order valence-corrected chi connectivity index (χ0v) is 12.4. The van der Waals surface area contributed by atoms with Gasteiger partial charge in [0, 0.05) is 10.0 Å². The van der Waals surface area contributed by atoms with Crippen molar-refractivity contribution in [3.8, 4) is 11.3 Å². The van der Waals surface area contributed by atoms with E-state index in [9.17, 15) is 4.79 Å². The van der Waals surface area contributed by atoms with Crippen LogP contribution in [0.2, 0.25) is 0 Å². The number of carbonyl (C=O) groups excluding carboxylic acids is 1. The number of rotatable bonds is 3. The monoisotopic (exact) mass is 336 g/mol. The van der Waals surface area contributed by atoms with Crippen molar-refractivity contribution < 1.29 is 14.3 Å². The van der Waals surface area contributed by atoms with Crippen LogP contribution < -0.4 is 0 Å². The van der Waals surface area contributed by atoms with Gasteiger partial charge in [0.15, 0.2) is 5.41 Å². The first-order valence-corrected chi connectivity index (χ1v) is 6.93. The van der Waals surface area contributed by atoms with E-state index in [1.165, 1.54) is 7.11 Å². The number of esters is 1. The van der Waals surface area contributed by atoms with Crippen LogP contribution >= 0.6 is 15.9 Å². The van der Waals surface area contributed by atoms with E-state index >= 15 is 0 Å². The number of hydrogen-bond donors (Lipinski definition) is 1. The molecule has 104 valence electrons. The SMILES string of the molecule is COC(=O)C1(c2ncc(-c3ccccc3Br)[nH]2)COC1. The van der Waals surface area contributed by atoms with Crippen molar-refractivity contribution in [2.24, 2.45) is 0 Å². The van der Waals surface area contributed by atoms with E-state index in [-0.39, 0.29) is 5.97 Å². The van der Waals surface area contributed by atoms with Gasteiger partial charge in [-0.15, -0.1) is 0 Å². The lowest BCUT2D eigenvalue weighted by Gasteiger charge is -2.36. The molecule has 0 spiro atoms. The maximum Gasteiger partial charge on any atom is 0.324 e. The molecule has 0 atom stereocenters. The number of ether oxygens (including phenoxy) is 2. The van der Waals surface area contributed by atoms with Gasteiger partial charge in [-0.1, -0.05) is 34.1 Å². The summed E-state index contributed by atoms with van der Waals surface area (Å²) in [5.74, 6) is 0.262. The fourth-order valence-corrected chi connectivity index (χ4v) is 2.73. The second-order valence-corrected chi connectivity index (χ2v) is 5.55. The van der Waals surface area contributed by atoms with Gasteiger partial charge in [-0.05, 0) is 6.07 Å². The molecule has 1 aliphatic rings. The minimum absolute atomic E-state index is 0.294. The molecular formula is C14H13BrN2O3. The van der Waals surface area contributed by atoms with E-state index < -0.39 is 5.41 Å². The van der Waals surface area contributed by atoms with Gasteiger partial charge in [-0.2, -0.15) is 0 Å². The molecule has 20 heavy (non-hydrogen) atoms. The molecule has 1 aliphatic heterocycles. The molecule has 1 aromatic carbocycles. The predicted octanol–water partition coefficient (Wildman–Crippen LogP) is 2.28. The fraction of sp³-hybridized carbons (Fsp3) is 0.286. The van der Waals surface area contributed by atoms with Gasteiger partial charge in [0.1, 0.15) is 5.82 Å². The van der Waals surface area contributed by atoms with Gasteiger partial charge >= 0.3 is 5.97 Å². The summed E-state index contributed by atoms with van der Waals surface area (Å²) < 4.78 is 11.0. The van der Waals surface area contributed by atoms with Crippen molar-refractivity contribution in [1.82, 2.24) is 9.97 Å². The maximum absolute atomic E-state index is 12.0. The van der Waals surface area contributed by atoms with Crippen molar-refractivity contribution in [3.63, 3.8) is 0 Å². The molecular weight excluding hydrogens is 324 g/mol. The first-order chi connectivity index (χ1) is 9.67. The normalized spacial score (nSPS) is 16.5. The average Bonchev–Trinajstić information content (AvgIpc) is 2.87. The summed E-state index contributed by atoms with van der Waals surface area (Å²) in [6, 6.07) is 7.82. The van der Waals surface area contributed by atoms with Gasteiger partial charge in [-0.25, -0.2) is 4.98 Å². The lowest BCUT2D eigenvalue weighted by atomic mass is 9.85. The third-order valence-electron chi connectivity index (χ3n) is 3.47. The number of aromatic amines is 1. The molecule has 1 fully saturated rings. The molecule has 6 heteroatoms. The first-order valence-electron chi connectivity index (χ1n) is 6.14. The summed E-state index contributed by atoms with van der Waals surface area (Å²) in [7, 11) is 1.38. The first kappa shape index (κ1) is 13.3. The summed E-state index contributed by atoms with van der Waals surface area (Å²) in [5, 5.41) is 0. The highest BCUT2D eigenvalue weighted by Gasteiger charge is 2.51. The van der Waals surface area contributed by atoms with Gasteiger partial charge in [0.2, 0.25) is 0 Å². The highest BCUT2D eigenvalue weighted by atomic mass is 79.9. The summed E-state index contributed by atoms with van der Waals surface area (Å²) in [4.78, 5) is 19.5. The molecule has 2 heterocycles. The van der Waals surface area contributed by atoms with Crippen LogP contribution in [0.4, 0.5) is 0 Å². The van der Waals surface area contributed by atoms with Crippen LogP contribution in [0.25, 0.3) is 11.3 Å². The molecule has 3 rings (SSSR count). The van der Waals surface area contributed by atoms with Crippen molar-refractivity contribution in [3.05, 3.63) is 40.8 Å². The maximum atomic E-state index is 12.0. The molecule has 0 unspecified atom stereocenters. The van der Waals surface area contributed by atoms with E-state index in [4.69, 9.17) is 9.47 Å². The number of halogens is 1. The number of methoxy groups -OCH3 is 1. The largest absolute Gasteiger partial charge is 0.468 e. The van der Waals surface area contributed by atoms with Crippen LogP contribution in [0, 0.1) is 0 Å². The number of aromatic nitrogens is 2. The Kier molecular flexibility index (Phi) is 3.35. The van der Waals surface area contributed by atoms with Gasteiger partial charge < -0.3 is 14.5 Å². The number of H-pyrrole nitrogens is 1. The van der Waals surface area contributed by atoms with Gasteiger partial charge in [-0.3, -0.25) is 4.79 Å². The van der Waals surface area contributed by atoms with Crippen LogP contribution in [-0.2, 0) is 19.7 Å². The lowest BCUT2D eigenvalue weighted by molar-refractivity contribution is -0.167. The highest BCUT2D eigenvalue weighted by molar-refractivity contribution is 9.10. The van der Waals surface area contributed by atoms with Crippen LogP contribution in [-0.4, -0.2) is 36.3 Å². The summed E-state index contributed by atoms with van der Waals surface area (Å²) >= 11 is 3.50. The molecule has 5 nitrogen and oxygen atoms in total. The Morgan fingerprint density at radius 1 is 1.45 bits per heavy atom. The Hall–Kier alpha value is -1.66. The summed E-state index contributed by atoms with van der Waals surface area (Å²) in [6.07, 6.45) is 1.72. The number of imidazole rings is 1. The van der Waals surface area contributed by atoms with Gasteiger partial charge in [0.05, 0.1) is 32.2 Å². The Balaban J connectivity index is 1.99. The van der Waals surface area contributed by atoms with E-state index in [0.717, 1.165) is 15.7 Å². The van der Waals surface area contributed by atoms with E-state index in [0.29, 0.717) is 19.0 Å². The Labute approximate surface area is 124 Å². The molecule has 1 aromatic heterocycles. The van der Waals surface area contributed by atoms with Crippen molar-refractivity contribution in [1.29, 1.82) is 0 Å². The Morgan fingerprint density at radius 3 is 2.80 bits per heavy atom. The minimum Gasteiger partial charge on any atom is -0.468 e. The second kappa shape index (κ2) is 5.03. The molecule has 0 radical (unpaired) electrons. The van der Waals surface area contributed by atoms with Crippen LogP contribution in [0.1, 0.15) is 5.82 Å². The van der Waals surface area contributed by atoms with Crippen LogP contribution in [0.5, 0.6) is 0 Å². The van der Waals surface area contributed by atoms with Gasteiger partial charge in [0.25, 0.3) is 0 Å². The zero-order valence-electron chi connectivity index (χ0n) is 10.9. The zero-order chi connectivity index (χ0) is 14.2. The second-order valence-electron chi connectivity index (χ2n) is 4.69. The molecule has 0 aliphatic carbocycles. The topological polar surface area (TPSA) is 64.2 Å². The summed E-state index contributed by atoms with van der Waals surface area (Å²) in [6.45, 7) is 0.588. The van der Waals surface area contributed by atoms with E-state index in [1.807, 2.05) is 24.3 Å². The quantitative estimate of drug-likeness (QED) is 0.873. The third kappa shape index (κ3) is 1.96. The molecule has 0 saturated carbocycles. The number of hydrogen-bond acceptors (Lipinski definition) is 4. The van der Waals surface area contributed by atoms with Crippen LogP contribution in [0.3, 0.4) is 0 Å². The number of nitrogens with zero attached hydrogens (tertiary/aromatic N) is 1. The van der Waals surface area contributed by atoms with E-state index in [2.05, 4.69) is 25.9 Å². The Bertz CT molecular complexity index is 649. The average molecular weight is 337 g/mol. The molecule has 1 saturated heterocycles. The molecule has 0 bridgehead atoms. The lowest BCUT2D eigenvalue weighted by Crippen LogP contribution is -2.54. The summed E-state index contributed by atoms with van der Waals surface area (Å²) in [5.41, 5.74) is 1.04.